The highest BCUT2D eigenvalue weighted by atomic mass is 16.5. The molecule has 3 aromatic rings. The summed E-state index contributed by atoms with van der Waals surface area (Å²) in [6, 6.07) is 16.5. The van der Waals surface area contributed by atoms with Crippen molar-refractivity contribution in [1.82, 2.24) is 14.8 Å². The van der Waals surface area contributed by atoms with Gasteiger partial charge in [0, 0.05) is 42.1 Å². The number of nitrogens with zero attached hydrogens (tertiary/aromatic N) is 2. The number of aromatic nitrogens is 1. The van der Waals surface area contributed by atoms with E-state index in [0.29, 0.717) is 19.7 Å². The van der Waals surface area contributed by atoms with Crippen LogP contribution in [0.3, 0.4) is 0 Å². The summed E-state index contributed by atoms with van der Waals surface area (Å²) in [5, 5.41) is 1.20. The zero-order valence-electron chi connectivity index (χ0n) is 22.0. The van der Waals surface area contributed by atoms with E-state index in [1.54, 1.807) is 0 Å². The van der Waals surface area contributed by atoms with Crippen LogP contribution in [0.5, 0.6) is 5.75 Å². The van der Waals surface area contributed by atoms with E-state index in [2.05, 4.69) is 17.1 Å². The number of hydrogen-bond donors (Lipinski definition) is 1. The quantitative estimate of drug-likeness (QED) is 0.366. The maximum atomic E-state index is 13.8. The molecule has 6 nitrogen and oxygen atoms in total. The third kappa shape index (κ3) is 6.35. The van der Waals surface area contributed by atoms with Crippen molar-refractivity contribution >= 4 is 22.7 Å². The van der Waals surface area contributed by atoms with Gasteiger partial charge in [0.15, 0.2) is 0 Å². The zero-order chi connectivity index (χ0) is 25.6. The molecule has 2 saturated carbocycles. The minimum absolute atomic E-state index is 0.0322. The SMILES string of the molecule is CCOc1ccc(CN(CCc2c[nH]c3ccccc23)C(=O)CN(C(=O)C2CCCCC2)C2CC2)cc1. The summed E-state index contributed by atoms with van der Waals surface area (Å²) in [4.78, 5) is 34.4. The number of ether oxygens (including phenoxy) is 1. The molecule has 0 bridgehead atoms. The summed E-state index contributed by atoms with van der Waals surface area (Å²) >= 11 is 0. The molecule has 2 aromatic carbocycles. The lowest BCUT2D eigenvalue weighted by atomic mass is 9.88. The van der Waals surface area contributed by atoms with E-state index >= 15 is 0 Å². The van der Waals surface area contributed by atoms with Gasteiger partial charge in [0.05, 0.1) is 6.61 Å². The molecule has 0 atom stereocenters. The Morgan fingerprint density at radius 1 is 0.973 bits per heavy atom. The van der Waals surface area contributed by atoms with Gasteiger partial charge >= 0.3 is 0 Å². The maximum absolute atomic E-state index is 13.8. The van der Waals surface area contributed by atoms with E-state index in [1.165, 1.54) is 17.4 Å². The molecule has 6 heteroatoms. The van der Waals surface area contributed by atoms with Crippen molar-refractivity contribution in [2.24, 2.45) is 5.92 Å². The molecule has 1 aromatic heterocycles. The van der Waals surface area contributed by atoms with Gasteiger partial charge < -0.3 is 19.5 Å². The lowest BCUT2D eigenvalue weighted by Crippen LogP contribution is -2.46. The minimum Gasteiger partial charge on any atom is -0.494 e. The van der Waals surface area contributed by atoms with Crippen molar-refractivity contribution in [2.75, 3.05) is 19.7 Å². The normalized spacial score (nSPS) is 16.0. The van der Waals surface area contributed by atoms with Crippen molar-refractivity contribution in [1.29, 1.82) is 0 Å². The number of carbonyl (C=O) groups excluding carboxylic acids is 2. The lowest BCUT2D eigenvalue weighted by Gasteiger charge is -2.31. The van der Waals surface area contributed by atoms with Gasteiger partial charge in [-0.3, -0.25) is 9.59 Å². The largest absolute Gasteiger partial charge is 0.494 e. The van der Waals surface area contributed by atoms with Crippen molar-refractivity contribution in [3.63, 3.8) is 0 Å². The van der Waals surface area contributed by atoms with Crippen LogP contribution in [-0.2, 0) is 22.6 Å². The van der Waals surface area contributed by atoms with Gasteiger partial charge in [0.2, 0.25) is 11.8 Å². The van der Waals surface area contributed by atoms with Crippen molar-refractivity contribution in [2.45, 2.75) is 70.9 Å². The fourth-order valence-corrected chi connectivity index (χ4v) is 5.57. The van der Waals surface area contributed by atoms with Crippen LogP contribution in [0.15, 0.2) is 54.7 Å². The molecule has 2 aliphatic carbocycles. The number of amides is 2. The van der Waals surface area contributed by atoms with Gasteiger partial charge in [0.1, 0.15) is 12.3 Å². The highest BCUT2D eigenvalue weighted by molar-refractivity contribution is 5.87. The van der Waals surface area contributed by atoms with Crippen LogP contribution in [0.2, 0.25) is 0 Å². The van der Waals surface area contributed by atoms with Crippen molar-refractivity contribution in [3.8, 4) is 5.75 Å². The second-order valence-electron chi connectivity index (χ2n) is 10.5. The predicted octanol–water partition coefficient (Wildman–Crippen LogP) is 5.71. The average molecular weight is 502 g/mol. The average Bonchev–Trinajstić information content (AvgIpc) is 3.70. The van der Waals surface area contributed by atoms with Crippen LogP contribution in [0, 0.1) is 5.92 Å². The highest BCUT2D eigenvalue weighted by Gasteiger charge is 2.37. The van der Waals surface area contributed by atoms with Gasteiger partial charge in [-0.1, -0.05) is 49.6 Å². The molecule has 0 spiro atoms. The molecule has 0 unspecified atom stereocenters. The topological polar surface area (TPSA) is 65.6 Å². The zero-order valence-corrected chi connectivity index (χ0v) is 22.0. The molecule has 2 fully saturated rings. The van der Waals surface area contributed by atoms with Crippen LogP contribution >= 0.6 is 0 Å². The molecular weight excluding hydrogens is 462 g/mol. The number of aromatic amines is 1. The lowest BCUT2D eigenvalue weighted by molar-refractivity contribution is -0.144. The van der Waals surface area contributed by atoms with E-state index in [0.717, 1.165) is 61.8 Å². The van der Waals surface area contributed by atoms with Gasteiger partial charge in [-0.2, -0.15) is 0 Å². The first-order valence-electron chi connectivity index (χ1n) is 14.0. The molecule has 1 heterocycles. The second-order valence-corrected chi connectivity index (χ2v) is 10.5. The van der Waals surface area contributed by atoms with E-state index < -0.39 is 0 Å². The summed E-state index contributed by atoms with van der Waals surface area (Å²) < 4.78 is 5.59. The summed E-state index contributed by atoms with van der Waals surface area (Å²) in [6.07, 6.45) is 10.2. The Morgan fingerprint density at radius 3 is 2.46 bits per heavy atom. The number of benzene rings is 2. The molecule has 0 aliphatic heterocycles. The summed E-state index contributed by atoms with van der Waals surface area (Å²) in [5.41, 5.74) is 3.38. The molecule has 5 rings (SSSR count). The van der Waals surface area contributed by atoms with Crippen LogP contribution < -0.4 is 4.74 Å². The molecule has 2 aliphatic rings. The Bertz CT molecular complexity index is 1190. The third-order valence-corrected chi connectivity index (χ3v) is 7.82. The highest BCUT2D eigenvalue weighted by Crippen LogP contribution is 2.32. The van der Waals surface area contributed by atoms with Crippen LogP contribution in [0.25, 0.3) is 10.9 Å². The van der Waals surface area contributed by atoms with E-state index in [9.17, 15) is 9.59 Å². The van der Waals surface area contributed by atoms with Crippen LogP contribution in [0.4, 0.5) is 0 Å². The number of fused-ring (bicyclic) bond motifs is 1. The fourth-order valence-electron chi connectivity index (χ4n) is 5.57. The van der Waals surface area contributed by atoms with Crippen molar-refractivity contribution in [3.05, 3.63) is 65.9 Å². The molecule has 37 heavy (non-hydrogen) atoms. The Labute approximate surface area is 220 Å². The molecule has 2 amide bonds. The summed E-state index contributed by atoms with van der Waals surface area (Å²) in [5.74, 6) is 1.16. The first kappa shape index (κ1) is 25.4. The molecule has 1 N–H and O–H groups in total. The third-order valence-electron chi connectivity index (χ3n) is 7.82. The number of H-pyrrole nitrogens is 1. The first-order valence-corrected chi connectivity index (χ1v) is 14.0. The van der Waals surface area contributed by atoms with Gasteiger partial charge in [0.25, 0.3) is 0 Å². The molecule has 0 radical (unpaired) electrons. The van der Waals surface area contributed by atoms with E-state index in [1.807, 2.05) is 59.3 Å². The van der Waals surface area contributed by atoms with Crippen LogP contribution in [-0.4, -0.2) is 52.3 Å². The number of rotatable bonds is 11. The van der Waals surface area contributed by atoms with E-state index in [4.69, 9.17) is 4.74 Å². The summed E-state index contributed by atoms with van der Waals surface area (Å²) in [6.45, 7) is 3.90. The van der Waals surface area contributed by atoms with Crippen LogP contribution in [0.1, 0.15) is 63.0 Å². The number of para-hydroxylation sites is 1. The monoisotopic (exact) mass is 501 g/mol. The predicted molar refractivity (Wildman–Crippen MR) is 146 cm³/mol. The molecular formula is C31H39N3O3. The first-order chi connectivity index (χ1) is 18.1. The van der Waals surface area contributed by atoms with E-state index in [-0.39, 0.29) is 30.3 Å². The molecule has 196 valence electrons. The Kier molecular flexibility index (Phi) is 8.12. The minimum atomic E-state index is 0.0322. The standard InChI is InChI=1S/C31H39N3O3/c1-2-37-27-16-12-23(13-17-27)21-33(19-18-25-20-32-29-11-7-6-10-28(25)29)30(35)22-34(26-14-15-26)31(36)24-8-4-3-5-9-24/h6-7,10-13,16-17,20,24,26,32H,2-5,8-9,14-15,18-19,21-22H2,1H3. The fraction of sp³-hybridized carbons (Fsp3) is 0.484. The Hall–Kier alpha value is -3.28. The van der Waals surface area contributed by atoms with Gasteiger partial charge in [-0.05, 0) is 68.4 Å². The number of carbonyl (C=O) groups is 2. The Morgan fingerprint density at radius 2 is 1.73 bits per heavy atom. The Balaban J connectivity index is 1.31. The van der Waals surface area contributed by atoms with Crippen molar-refractivity contribution < 1.29 is 14.3 Å². The summed E-state index contributed by atoms with van der Waals surface area (Å²) in [7, 11) is 0. The number of nitrogens with one attached hydrogen (secondary N) is 1. The van der Waals surface area contributed by atoms with Gasteiger partial charge in [-0.15, -0.1) is 0 Å². The van der Waals surface area contributed by atoms with Gasteiger partial charge in [-0.25, -0.2) is 0 Å². The number of hydrogen-bond acceptors (Lipinski definition) is 3. The second kappa shape index (κ2) is 11.8. The smallest absolute Gasteiger partial charge is 0.242 e. The molecule has 0 saturated heterocycles. The maximum Gasteiger partial charge on any atom is 0.242 e.